The molecule has 0 bridgehead atoms. The molecule has 0 spiro atoms. The van der Waals surface area contributed by atoms with Crippen molar-refractivity contribution in [1.29, 1.82) is 0 Å². The highest BCUT2D eigenvalue weighted by Gasteiger charge is 2.35. The molecule has 2 aliphatic heterocycles. The van der Waals surface area contributed by atoms with Gasteiger partial charge in [-0.05, 0) is 48.9 Å². The van der Waals surface area contributed by atoms with Crippen LogP contribution in [0.25, 0.3) is 0 Å². The second-order valence-corrected chi connectivity index (χ2v) is 7.86. The zero-order chi connectivity index (χ0) is 20.9. The van der Waals surface area contributed by atoms with Crippen LogP contribution < -0.4 is 9.47 Å². The van der Waals surface area contributed by atoms with Crippen molar-refractivity contribution >= 4 is 11.6 Å². The number of methoxy groups -OCH3 is 2. The molecule has 1 atom stereocenters. The van der Waals surface area contributed by atoms with E-state index in [1.54, 1.807) is 14.2 Å². The molecule has 2 aliphatic rings. The molecular weight excluding hydrogens is 380 g/mol. The van der Waals surface area contributed by atoms with Crippen LogP contribution in [-0.2, 0) is 16.1 Å². The predicted molar refractivity (Wildman–Crippen MR) is 115 cm³/mol. The van der Waals surface area contributed by atoms with E-state index in [4.69, 9.17) is 14.3 Å². The number of rotatable bonds is 6. The van der Waals surface area contributed by atoms with Crippen LogP contribution in [-0.4, -0.2) is 49.9 Å². The molecule has 6 nitrogen and oxygen atoms in total. The summed E-state index contributed by atoms with van der Waals surface area (Å²) in [6.45, 7) is 1.54. The Labute approximate surface area is 177 Å². The lowest BCUT2D eigenvalue weighted by Crippen LogP contribution is -2.44. The zero-order valence-corrected chi connectivity index (χ0v) is 17.5. The van der Waals surface area contributed by atoms with Crippen molar-refractivity contribution in [1.82, 2.24) is 4.90 Å². The van der Waals surface area contributed by atoms with Gasteiger partial charge in [0.1, 0.15) is 11.5 Å². The second-order valence-electron chi connectivity index (χ2n) is 7.86. The number of hydrogen-bond donors (Lipinski definition) is 0. The van der Waals surface area contributed by atoms with Crippen LogP contribution in [0, 0.1) is 5.92 Å². The Morgan fingerprint density at radius 2 is 1.87 bits per heavy atom. The molecule has 0 N–H and O–H groups in total. The highest BCUT2D eigenvalue weighted by molar-refractivity contribution is 6.06. The molecule has 2 aromatic carbocycles. The SMILES string of the molecule is COc1ccc(OC)c(C2=NO[C@@H](C(=O)N3CCC(Cc4ccccc4)CC3)C2)c1. The number of oxime groups is 1. The van der Waals surface area contributed by atoms with Gasteiger partial charge < -0.3 is 19.2 Å². The third-order valence-corrected chi connectivity index (χ3v) is 5.96. The minimum atomic E-state index is -0.568. The van der Waals surface area contributed by atoms with Gasteiger partial charge in [0.25, 0.3) is 5.91 Å². The fourth-order valence-electron chi connectivity index (χ4n) is 4.22. The van der Waals surface area contributed by atoms with E-state index in [1.165, 1.54) is 5.56 Å². The summed E-state index contributed by atoms with van der Waals surface area (Å²) in [5, 5.41) is 4.19. The van der Waals surface area contributed by atoms with E-state index in [0.717, 1.165) is 37.9 Å². The number of amides is 1. The van der Waals surface area contributed by atoms with Gasteiger partial charge in [0.2, 0.25) is 6.10 Å². The van der Waals surface area contributed by atoms with Gasteiger partial charge >= 0.3 is 0 Å². The third kappa shape index (κ3) is 4.42. The number of likely N-dealkylation sites (tertiary alicyclic amines) is 1. The van der Waals surface area contributed by atoms with E-state index in [9.17, 15) is 4.79 Å². The van der Waals surface area contributed by atoms with Crippen LogP contribution in [0.3, 0.4) is 0 Å². The van der Waals surface area contributed by atoms with E-state index in [0.29, 0.717) is 29.5 Å². The number of ether oxygens (including phenoxy) is 2. The van der Waals surface area contributed by atoms with Crippen molar-refractivity contribution in [2.75, 3.05) is 27.3 Å². The second kappa shape index (κ2) is 9.20. The Morgan fingerprint density at radius 3 is 2.57 bits per heavy atom. The van der Waals surface area contributed by atoms with Crippen LogP contribution in [0.1, 0.15) is 30.4 Å². The summed E-state index contributed by atoms with van der Waals surface area (Å²) in [5.41, 5.74) is 2.88. The number of benzene rings is 2. The number of carbonyl (C=O) groups is 1. The van der Waals surface area contributed by atoms with Crippen LogP contribution in [0.2, 0.25) is 0 Å². The van der Waals surface area contributed by atoms with Gasteiger partial charge in [-0.1, -0.05) is 35.5 Å². The maximum absolute atomic E-state index is 13.0. The minimum Gasteiger partial charge on any atom is -0.497 e. The third-order valence-electron chi connectivity index (χ3n) is 5.96. The molecule has 1 fully saturated rings. The van der Waals surface area contributed by atoms with Crippen LogP contribution in [0.5, 0.6) is 11.5 Å². The molecule has 2 heterocycles. The highest BCUT2D eigenvalue weighted by atomic mass is 16.6. The topological polar surface area (TPSA) is 60.4 Å². The lowest BCUT2D eigenvalue weighted by molar-refractivity contribution is -0.143. The summed E-state index contributed by atoms with van der Waals surface area (Å²) in [6, 6.07) is 16.1. The van der Waals surface area contributed by atoms with Crippen molar-refractivity contribution in [3.63, 3.8) is 0 Å². The van der Waals surface area contributed by atoms with E-state index in [-0.39, 0.29) is 5.91 Å². The first-order valence-corrected chi connectivity index (χ1v) is 10.5. The van der Waals surface area contributed by atoms with Crippen LogP contribution in [0.4, 0.5) is 0 Å². The summed E-state index contributed by atoms with van der Waals surface area (Å²) in [5.74, 6) is 2.04. The molecule has 0 aromatic heterocycles. The summed E-state index contributed by atoms with van der Waals surface area (Å²) >= 11 is 0. The molecular formula is C24H28N2O4. The van der Waals surface area contributed by atoms with E-state index >= 15 is 0 Å². The van der Waals surface area contributed by atoms with Gasteiger partial charge in [-0.3, -0.25) is 4.79 Å². The normalized spacial score (nSPS) is 19.2. The van der Waals surface area contributed by atoms with Gasteiger partial charge in [0.05, 0.1) is 19.9 Å². The first-order chi connectivity index (χ1) is 14.7. The molecule has 158 valence electrons. The molecule has 1 amide bonds. The molecule has 1 saturated heterocycles. The Bertz CT molecular complexity index is 905. The number of piperidine rings is 1. The summed E-state index contributed by atoms with van der Waals surface area (Å²) in [7, 11) is 3.23. The molecule has 0 radical (unpaired) electrons. The first-order valence-electron chi connectivity index (χ1n) is 10.5. The monoisotopic (exact) mass is 408 g/mol. The lowest BCUT2D eigenvalue weighted by Gasteiger charge is -2.33. The fraction of sp³-hybridized carbons (Fsp3) is 0.417. The maximum atomic E-state index is 13.0. The van der Waals surface area contributed by atoms with Gasteiger partial charge in [-0.25, -0.2) is 0 Å². The van der Waals surface area contributed by atoms with E-state index in [2.05, 4.69) is 29.4 Å². The van der Waals surface area contributed by atoms with Crippen molar-refractivity contribution in [2.24, 2.45) is 11.1 Å². The average Bonchev–Trinajstić information content (AvgIpc) is 3.29. The standard InChI is InChI=1S/C24H28N2O4/c1-28-19-8-9-22(29-2)20(15-19)21-16-23(30-25-21)24(27)26-12-10-18(11-13-26)14-17-6-4-3-5-7-17/h3-9,15,18,23H,10-14,16H2,1-2H3/t23-/m1/s1. The Hall–Kier alpha value is -3.02. The average molecular weight is 408 g/mol. The molecule has 4 rings (SSSR count). The Morgan fingerprint density at radius 1 is 1.10 bits per heavy atom. The van der Waals surface area contributed by atoms with Crippen molar-refractivity contribution in [2.45, 2.75) is 31.8 Å². The molecule has 0 unspecified atom stereocenters. The van der Waals surface area contributed by atoms with E-state index < -0.39 is 6.10 Å². The Kier molecular flexibility index (Phi) is 6.21. The first kappa shape index (κ1) is 20.3. The van der Waals surface area contributed by atoms with Gasteiger partial charge in [-0.2, -0.15) is 0 Å². The smallest absolute Gasteiger partial charge is 0.266 e. The molecule has 2 aromatic rings. The number of carbonyl (C=O) groups excluding carboxylic acids is 1. The lowest BCUT2D eigenvalue weighted by atomic mass is 9.90. The summed E-state index contributed by atoms with van der Waals surface area (Å²) in [4.78, 5) is 20.4. The van der Waals surface area contributed by atoms with Crippen LogP contribution in [0.15, 0.2) is 53.7 Å². The van der Waals surface area contributed by atoms with Crippen molar-refractivity contribution in [3.05, 3.63) is 59.7 Å². The quantitative estimate of drug-likeness (QED) is 0.732. The largest absolute Gasteiger partial charge is 0.497 e. The summed E-state index contributed by atoms with van der Waals surface area (Å²) < 4.78 is 10.8. The highest BCUT2D eigenvalue weighted by Crippen LogP contribution is 2.30. The van der Waals surface area contributed by atoms with Gasteiger partial charge in [0, 0.05) is 25.1 Å². The Balaban J connectivity index is 1.33. The van der Waals surface area contributed by atoms with Crippen LogP contribution >= 0.6 is 0 Å². The summed E-state index contributed by atoms with van der Waals surface area (Å²) in [6.07, 6.45) is 2.98. The van der Waals surface area contributed by atoms with Gasteiger partial charge in [0.15, 0.2) is 0 Å². The molecule has 30 heavy (non-hydrogen) atoms. The van der Waals surface area contributed by atoms with E-state index in [1.807, 2.05) is 29.2 Å². The zero-order valence-electron chi connectivity index (χ0n) is 17.5. The molecule has 6 heteroatoms. The maximum Gasteiger partial charge on any atom is 0.266 e. The van der Waals surface area contributed by atoms with Gasteiger partial charge in [-0.15, -0.1) is 0 Å². The fourth-order valence-corrected chi connectivity index (χ4v) is 4.22. The van der Waals surface area contributed by atoms with Crippen molar-refractivity contribution < 1.29 is 19.1 Å². The number of nitrogens with zero attached hydrogens (tertiary/aromatic N) is 2. The minimum absolute atomic E-state index is 0.0220. The molecule has 0 saturated carbocycles. The molecule has 0 aliphatic carbocycles. The van der Waals surface area contributed by atoms with Crippen molar-refractivity contribution in [3.8, 4) is 11.5 Å². The predicted octanol–water partition coefficient (Wildman–Crippen LogP) is 3.68. The number of hydrogen-bond acceptors (Lipinski definition) is 5.